The first-order valence-electron chi connectivity index (χ1n) is 10.7. The average molecular weight is 427 g/mol. The smallest absolute Gasteiger partial charge is 0.251 e. The second kappa shape index (κ2) is 12.6. The van der Waals surface area contributed by atoms with Gasteiger partial charge in [0.25, 0.3) is 5.91 Å². The first kappa shape index (κ1) is 24.2. The SMILES string of the molecule is CCNC(=NCC(O)c1ccc(OC(C)C)cc1)NCCNC(=O)c1cccc(C)c1. The Morgan fingerprint density at radius 3 is 2.42 bits per heavy atom. The van der Waals surface area contributed by atoms with E-state index in [0.29, 0.717) is 31.2 Å². The number of rotatable bonds is 10. The van der Waals surface area contributed by atoms with Crippen molar-refractivity contribution < 1.29 is 14.6 Å². The summed E-state index contributed by atoms with van der Waals surface area (Å²) in [5, 5.41) is 19.6. The molecule has 2 aromatic rings. The van der Waals surface area contributed by atoms with Crippen LogP contribution in [0.4, 0.5) is 0 Å². The van der Waals surface area contributed by atoms with E-state index >= 15 is 0 Å². The minimum Gasteiger partial charge on any atom is -0.491 e. The van der Waals surface area contributed by atoms with Crippen LogP contribution in [0.3, 0.4) is 0 Å². The van der Waals surface area contributed by atoms with Crippen molar-refractivity contribution in [2.75, 3.05) is 26.2 Å². The number of hydrogen-bond acceptors (Lipinski definition) is 4. The lowest BCUT2D eigenvalue weighted by Crippen LogP contribution is -2.41. The van der Waals surface area contributed by atoms with Crippen molar-refractivity contribution in [1.29, 1.82) is 0 Å². The normalized spacial score (nSPS) is 12.4. The maximum Gasteiger partial charge on any atom is 0.251 e. The lowest BCUT2D eigenvalue weighted by atomic mass is 10.1. The molecule has 7 heteroatoms. The number of aryl methyl sites for hydroxylation is 1. The maximum atomic E-state index is 12.2. The fourth-order valence-electron chi connectivity index (χ4n) is 2.91. The van der Waals surface area contributed by atoms with Crippen LogP contribution in [-0.4, -0.2) is 49.3 Å². The molecule has 0 bridgehead atoms. The molecule has 0 aromatic heterocycles. The maximum absolute atomic E-state index is 12.2. The predicted molar refractivity (Wildman–Crippen MR) is 125 cm³/mol. The number of amides is 1. The number of hydrogen-bond donors (Lipinski definition) is 4. The second-order valence-electron chi connectivity index (χ2n) is 7.52. The molecule has 1 amide bonds. The van der Waals surface area contributed by atoms with Gasteiger partial charge in [-0.15, -0.1) is 0 Å². The molecule has 2 rings (SSSR count). The van der Waals surface area contributed by atoms with Crippen molar-refractivity contribution in [3.63, 3.8) is 0 Å². The summed E-state index contributed by atoms with van der Waals surface area (Å²) in [6.45, 7) is 9.76. The molecule has 4 N–H and O–H groups in total. The van der Waals surface area contributed by atoms with E-state index in [1.54, 1.807) is 6.07 Å². The lowest BCUT2D eigenvalue weighted by molar-refractivity contribution is 0.0954. The molecule has 31 heavy (non-hydrogen) atoms. The van der Waals surface area contributed by atoms with Crippen molar-refractivity contribution in [3.05, 3.63) is 65.2 Å². The van der Waals surface area contributed by atoms with E-state index in [0.717, 1.165) is 16.9 Å². The van der Waals surface area contributed by atoms with Gasteiger partial charge in [-0.3, -0.25) is 9.79 Å². The molecule has 1 unspecified atom stereocenters. The van der Waals surface area contributed by atoms with Crippen LogP contribution in [0.15, 0.2) is 53.5 Å². The quantitative estimate of drug-likeness (QED) is 0.266. The Morgan fingerprint density at radius 1 is 1.06 bits per heavy atom. The zero-order valence-electron chi connectivity index (χ0n) is 18.8. The number of carbonyl (C=O) groups is 1. The predicted octanol–water partition coefficient (Wildman–Crippen LogP) is 2.80. The Labute approximate surface area is 184 Å². The van der Waals surface area contributed by atoms with Gasteiger partial charge < -0.3 is 25.8 Å². The first-order valence-corrected chi connectivity index (χ1v) is 10.7. The van der Waals surface area contributed by atoms with E-state index in [9.17, 15) is 9.90 Å². The second-order valence-corrected chi connectivity index (χ2v) is 7.52. The third-order valence-corrected chi connectivity index (χ3v) is 4.39. The van der Waals surface area contributed by atoms with Gasteiger partial charge in [-0.2, -0.15) is 0 Å². The van der Waals surface area contributed by atoms with Crippen LogP contribution in [0, 0.1) is 6.92 Å². The van der Waals surface area contributed by atoms with Crippen LogP contribution in [0.5, 0.6) is 5.75 Å². The summed E-state index contributed by atoms with van der Waals surface area (Å²) >= 11 is 0. The molecular formula is C24H34N4O3. The number of benzene rings is 2. The van der Waals surface area contributed by atoms with E-state index in [1.165, 1.54) is 0 Å². The molecule has 0 radical (unpaired) electrons. The number of aliphatic hydroxyl groups excluding tert-OH is 1. The highest BCUT2D eigenvalue weighted by Gasteiger charge is 2.09. The summed E-state index contributed by atoms with van der Waals surface area (Å²) in [6, 6.07) is 14.9. The van der Waals surface area contributed by atoms with Crippen LogP contribution in [-0.2, 0) is 0 Å². The van der Waals surface area contributed by atoms with E-state index < -0.39 is 6.10 Å². The fourth-order valence-corrected chi connectivity index (χ4v) is 2.91. The number of aliphatic imine (C=N–C) groups is 1. The molecule has 7 nitrogen and oxygen atoms in total. The van der Waals surface area contributed by atoms with Crippen LogP contribution in [0.1, 0.15) is 48.4 Å². The third kappa shape index (κ3) is 8.68. The van der Waals surface area contributed by atoms with E-state index in [1.807, 2.05) is 70.2 Å². The largest absolute Gasteiger partial charge is 0.491 e. The molecule has 2 aromatic carbocycles. The Morgan fingerprint density at radius 2 is 1.77 bits per heavy atom. The van der Waals surface area contributed by atoms with Crippen LogP contribution >= 0.6 is 0 Å². The standard InChI is InChI=1S/C24H34N4O3/c1-5-25-24(27-14-13-26-23(30)20-8-6-7-18(4)15-20)28-16-22(29)19-9-11-21(12-10-19)31-17(2)3/h6-12,15,17,22,29H,5,13-14,16H2,1-4H3,(H,26,30)(H2,25,27,28). The monoisotopic (exact) mass is 426 g/mol. The van der Waals surface area contributed by atoms with E-state index in [4.69, 9.17) is 4.74 Å². The van der Waals surface area contributed by atoms with Crippen molar-refractivity contribution in [2.45, 2.75) is 39.9 Å². The van der Waals surface area contributed by atoms with Crippen molar-refractivity contribution in [2.24, 2.45) is 4.99 Å². The van der Waals surface area contributed by atoms with Crippen molar-refractivity contribution >= 4 is 11.9 Å². The van der Waals surface area contributed by atoms with Gasteiger partial charge in [0.2, 0.25) is 0 Å². The number of aliphatic hydroxyl groups is 1. The molecule has 0 saturated heterocycles. The molecule has 0 saturated carbocycles. The number of nitrogens with one attached hydrogen (secondary N) is 3. The highest BCUT2D eigenvalue weighted by molar-refractivity contribution is 5.94. The first-order chi connectivity index (χ1) is 14.9. The van der Waals surface area contributed by atoms with Gasteiger partial charge in [0.05, 0.1) is 18.8 Å². The molecule has 0 fully saturated rings. The van der Waals surface area contributed by atoms with Crippen LogP contribution in [0.2, 0.25) is 0 Å². The van der Waals surface area contributed by atoms with E-state index in [-0.39, 0.29) is 18.6 Å². The number of carbonyl (C=O) groups excluding carboxylic acids is 1. The average Bonchev–Trinajstić information content (AvgIpc) is 2.74. The summed E-state index contributed by atoms with van der Waals surface area (Å²) in [7, 11) is 0. The Kier molecular flexibility index (Phi) is 9.84. The molecule has 168 valence electrons. The number of guanidine groups is 1. The van der Waals surface area contributed by atoms with Gasteiger partial charge in [-0.25, -0.2) is 0 Å². The van der Waals surface area contributed by atoms with Gasteiger partial charge in [0.1, 0.15) is 5.75 Å². The summed E-state index contributed by atoms with van der Waals surface area (Å²) in [5.41, 5.74) is 2.47. The zero-order chi connectivity index (χ0) is 22.6. The highest BCUT2D eigenvalue weighted by atomic mass is 16.5. The lowest BCUT2D eigenvalue weighted by Gasteiger charge is -2.14. The minimum absolute atomic E-state index is 0.104. The molecule has 1 atom stereocenters. The fraction of sp³-hybridized carbons (Fsp3) is 0.417. The summed E-state index contributed by atoms with van der Waals surface area (Å²) in [4.78, 5) is 16.6. The summed E-state index contributed by atoms with van der Waals surface area (Å²) < 4.78 is 5.63. The van der Waals surface area contributed by atoms with Gasteiger partial charge in [0, 0.05) is 25.2 Å². The Balaban J connectivity index is 1.81. The van der Waals surface area contributed by atoms with Crippen LogP contribution in [0.25, 0.3) is 0 Å². The zero-order valence-corrected chi connectivity index (χ0v) is 18.8. The topological polar surface area (TPSA) is 95.0 Å². The molecular weight excluding hydrogens is 392 g/mol. The molecule has 0 aliphatic carbocycles. The summed E-state index contributed by atoms with van der Waals surface area (Å²) in [6.07, 6.45) is -0.611. The van der Waals surface area contributed by atoms with Gasteiger partial charge >= 0.3 is 0 Å². The molecule has 0 aliphatic heterocycles. The van der Waals surface area contributed by atoms with Crippen molar-refractivity contribution in [1.82, 2.24) is 16.0 Å². The molecule has 0 spiro atoms. The Hall–Kier alpha value is -3.06. The van der Waals surface area contributed by atoms with Gasteiger partial charge in [-0.05, 0) is 57.5 Å². The number of nitrogens with zero attached hydrogens (tertiary/aromatic N) is 1. The van der Waals surface area contributed by atoms with Crippen LogP contribution < -0.4 is 20.7 Å². The molecule has 0 heterocycles. The van der Waals surface area contributed by atoms with Gasteiger partial charge in [0.15, 0.2) is 5.96 Å². The summed E-state index contributed by atoms with van der Waals surface area (Å²) in [5.74, 6) is 1.26. The highest BCUT2D eigenvalue weighted by Crippen LogP contribution is 2.19. The third-order valence-electron chi connectivity index (χ3n) is 4.39. The molecule has 0 aliphatic rings. The van der Waals surface area contributed by atoms with Crippen molar-refractivity contribution in [3.8, 4) is 5.75 Å². The Bertz CT molecular complexity index is 850. The number of ether oxygens (including phenoxy) is 1. The van der Waals surface area contributed by atoms with Gasteiger partial charge in [-0.1, -0.05) is 29.8 Å². The minimum atomic E-state index is -0.718. The van der Waals surface area contributed by atoms with E-state index in [2.05, 4.69) is 20.9 Å².